The number of hydrogen-bond acceptors (Lipinski definition) is 3. The van der Waals surface area contributed by atoms with Gasteiger partial charge >= 0.3 is 6.03 Å². The third-order valence-corrected chi connectivity index (χ3v) is 3.87. The highest BCUT2D eigenvalue weighted by Crippen LogP contribution is 2.19. The Morgan fingerprint density at radius 2 is 1.84 bits per heavy atom. The van der Waals surface area contributed by atoms with Gasteiger partial charge in [-0.25, -0.2) is 4.79 Å². The van der Waals surface area contributed by atoms with E-state index in [0.29, 0.717) is 35.8 Å². The minimum atomic E-state index is -0.334. The van der Waals surface area contributed by atoms with Crippen LogP contribution in [0, 0.1) is 6.92 Å². The quantitative estimate of drug-likeness (QED) is 0.595. The zero-order chi connectivity index (χ0) is 18.2. The molecule has 4 N–H and O–H groups in total. The number of halogens is 1. The number of amides is 3. The summed E-state index contributed by atoms with van der Waals surface area (Å²) < 4.78 is 0. The van der Waals surface area contributed by atoms with E-state index in [1.54, 1.807) is 24.3 Å². The molecule has 132 valence electrons. The summed E-state index contributed by atoms with van der Waals surface area (Å²) in [5.74, 6) is -0.225. The van der Waals surface area contributed by atoms with E-state index in [1.807, 2.05) is 13.0 Å². The minimum absolute atomic E-state index is 0.0437. The van der Waals surface area contributed by atoms with Crippen LogP contribution in [0.25, 0.3) is 0 Å². The summed E-state index contributed by atoms with van der Waals surface area (Å²) in [5.41, 5.74) is 1.95. The summed E-state index contributed by atoms with van der Waals surface area (Å²) in [4.78, 5) is 23.6. The monoisotopic (exact) mass is 361 g/mol. The zero-order valence-electron chi connectivity index (χ0n) is 13.8. The molecule has 0 atom stereocenters. The first kappa shape index (κ1) is 18.6. The predicted molar refractivity (Wildman–Crippen MR) is 98.3 cm³/mol. The van der Waals surface area contributed by atoms with E-state index in [1.165, 1.54) is 12.1 Å². The first-order valence-electron chi connectivity index (χ1n) is 7.84. The smallest absolute Gasteiger partial charge is 0.319 e. The van der Waals surface area contributed by atoms with E-state index < -0.39 is 0 Å². The number of phenols is 1. The lowest BCUT2D eigenvalue weighted by Gasteiger charge is -2.09. The third kappa shape index (κ3) is 6.00. The van der Waals surface area contributed by atoms with Gasteiger partial charge < -0.3 is 21.1 Å². The Balaban J connectivity index is 1.66. The Labute approximate surface area is 151 Å². The van der Waals surface area contributed by atoms with Crippen molar-refractivity contribution in [1.82, 2.24) is 10.6 Å². The van der Waals surface area contributed by atoms with Gasteiger partial charge in [0, 0.05) is 29.4 Å². The molecule has 0 fully saturated rings. The SMILES string of the molecule is Cc1ccc(NC(=O)NCCCNC(=O)c2cccc(O)c2)cc1Cl. The molecule has 0 aromatic heterocycles. The third-order valence-electron chi connectivity index (χ3n) is 3.46. The molecule has 0 radical (unpaired) electrons. The first-order valence-corrected chi connectivity index (χ1v) is 8.22. The van der Waals surface area contributed by atoms with Crippen molar-refractivity contribution in [2.75, 3.05) is 18.4 Å². The Bertz CT molecular complexity index is 765. The number of carbonyl (C=O) groups is 2. The number of aromatic hydroxyl groups is 1. The lowest BCUT2D eigenvalue weighted by atomic mass is 10.2. The number of phenolic OH excluding ortho intramolecular Hbond substituents is 1. The second kappa shape index (κ2) is 8.94. The van der Waals surface area contributed by atoms with Gasteiger partial charge in [0.1, 0.15) is 5.75 Å². The fourth-order valence-electron chi connectivity index (χ4n) is 2.09. The minimum Gasteiger partial charge on any atom is -0.508 e. The molecule has 0 bridgehead atoms. The van der Waals surface area contributed by atoms with E-state index >= 15 is 0 Å². The lowest BCUT2D eigenvalue weighted by molar-refractivity contribution is 0.0953. The number of carbonyl (C=O) groups excluding carboxylic acids is 2. The van der Waals surface area contributed by atoms with Crippen molar-refractivity contribution in [2.45, 2.75) is 13.3 Å². The summed E-state index contributed by atoms with van der Waals surface area (Å²) in [6, 6.07) is 11.1. The highest BCUT2D eigenvalue weighted by Gasteiger charge is 2.06. The van der Waals surface area contributed by atoms with Gasteiger partial charge in [0.2, 0.25) is 0 Å². The average Bonchev–Trinajstić information content (AvgIpc) is 2.57. The largest absolute Gasteiger partial charge is 0.508 e. The summed E-state index contributed by atoms with van der Waals surface area (Å²) in [6.45, 7) is 2.70. The maximum Gasteiger partial charge on any atom is 0.319 e. The van der Waals surface area contributed by atoms with Gasteiger partial charge in [-0.3, -0.25) is 4.79 Å². The fraction of sp³-hybridized carbons (Fsp3) is 0.222. The molecule has 0 heterocycles. The second-order valence-corrected chi connectivity index (χ2v) is 5.91. The molecule has 25 heavy (non-hydrogen) atoms. The first-order chi connectivity index (χ1) is 12.0. The Kier molecular flexibility index (Phi) is 6.65. The van der Waals surface area contributed by atoms with Gasteiger partial charge in [0.15, 0.2) is 0 Å². The predicted octanol–water partition coefficient (Wildman–Crippen LogP) is 3.30. The number of hydrogen-bond donors (Lipinski definition) is 4. The number of rotatable bonds is 6. The Hall–Kier alpha value is -2.73. The molecule has 2 aromatic carbocycles. The molecule has 0 aliphatic rings. The molecule has 2 aromatic rings. The van der Waals surface area contributed by atoms with Crippen molar-refractivity contribution >= 4 is 29.2 Å². The molecular weight excluding hydrogens is 342 g/mol. The highest BCUT2D eigenvalue weighted by atomic mass is 35.5. The van der Waals surface area contributed by atoms with Crippen LogP contribution >= 0.6 is 11.6 Å². The van der Waals surface area contributed by atoms with Crippen molar-refractivity contribution in [2.24, 2.45) is 0 Å². The number of aryl methyl sites for hydroxylation is 1. The summed E-state index contributed by atoms with van der Waals surface area (Å²) in [5, 5.41) is 18.1. The summed E-state index contributed by atoms with van der Waals surface area (Å²) in [7, 11) is 0. The van der Waals surface area contributed by atoms with Gasteiger partial charge in [0.25, 0.3) is 5.91 Å². The van der Waals surface area contributed by atoms with Crippen molar-refractivity contribution in [1.29, 1.82) is 0 Å². The number of nitrogens with one attached hydrogen (secondary N) is 3. The van der Waals surface area contributed by atoms with Gasteiger partial charge in [-0.05, 0) is 49.2 Å². The van der Waals surface area contributed by atoms with E-state index in [2.05, 4.69) is 16.0 Å². The Morgan fingerprint density at radius 1 is 1.08 bits per heavy atom. The maximum atomic E-state index is 11.9. The molecule has 0 aliphatic heterocycles. The van der Waals surface area contributed by atoms with Crippen LogP contribution in [-0.4, -0.2) is 30.1 Å². The highest BCUT2D eigenvalue weighted by molar-refractivity contribution is 6.31. The molecule has 0 spiro atoms. The van der Waals surface area contributed by atoms with Crippen molar-refractivity contribution < 1.29 is 14.7 Å². The molecule has 0 aliphatic carbocycles. The number of urea groups is 1. The second-order valence-electron chi connectivity index (χ2n) is 5.50. The Morgan fingerprint density at radius 3 is 2.56 bits per heavy atom. The summed E-state index contributed by atoms with van der Waals surface area (Å²) >= 11 is 6.01. The molecule has 0 saturated carbocycles. The van der Waals surface area contributed by atoms with Gasteiger partial charge in [-0.1, -0.05) is 23.7 Å². The average molecular weight is 362 g/mol. The fourth-order valence-corrected chi connectivity index (χ4v) is 2.27. The standard InChI is InChI=1S/C18H20ClN3O3/c1-12-6-7-14(11-16(12)19)22-18(25)21-9-3-8-20-17(24)13-4-2-5-15(23)10-13/h2,4-7,10-11,23H,3,8-9H2,1H3,(H,20,24)(H2,21,22,25). The van der Waals surface area contributed by atoms with E-state index in [0.717, 1.165) is 5.56 Å². The number of benzene rings is 2. The van der Waals surface area contributed by atoms with Crippen LogP contribution in [0.5, 0.6) is 5.75 Å². The van der Waals surface area contributed by atoms with Crippen LogP contribution < -0.4 is 16.0 Å². The lowest BCUT2D eigenvalue weighted by Crippen LogP contribution is -2.32. The summed E-state index contributed by atoms with van der Waals surface area (Å²) in [6.07, 6.45) is 0.576. The van der Waals surface area contributed by atoms with Gasteiger partial charge in [0.05, 0.1) is 0 Å². The van der Waals surface area contributed by atoms with Crippen molar-refractivity contribution in [3.05, 3.63) is 58.6 Å². The molecule has 7 heteroatoms. The zero-order valence-corrected chi connectivity index (χ0v) is 14.6. The maximum absolute atomic E-state index is 11.9. The van der Waals surface area contributed by atoms with E-state index in [9.17, 15) is 14.7 Å². The van der Waals surface area contributed by atoms with Crippen LogP contribution in [0.4, 0.5) is 10.5 Å². The van der Waals surface area contributed by atoms with Crippen LogP contribution in [0.2, 0.25) is 5.02 Å². The van der Waals surface area contributed by atoms with Crippen molar-refractivity contribution in [3.8, 4) is 5.75 Å². The normalized spacial score (nSPS) is 10.2. The number of anilines is 1. The van der Waals surface area contributed by atoms with Crippen LogP contribution in [0.1, 0.15) is 22.3 Å². The van der Waals surface area contributed by atoms with Crippen LogP contribution in [0.15, 0.2) is 42.5 Å². The van der Waals surface area contributed by atoms with Gasteiger partial charge in [-0.15, -0.1) is 0 Å². The van der Waals surface area contributed by atoms with E-state index in [-0.39, 0.29) is 17.7 Å². The van der Waals surface area contributed by atoms with Crippen LogP contribution in [0.3, 0.4) is 0 Å². The molecular formula is C18H20ClN3O3. The molecule has 3 amide bonds. The van der Waals surface area contributed by atoms with Gasteiger partial charge in [-0.2, -0.15) is 0 Å². The molecule has 2 rings (SSSR count). The topological polar surface area (TPSA) is 90.5 Å². The van der Waals surface area contributed by atoms with E-state index in [4.69, 9.17) is 11.6 Å². The molecule has 0 saturated heterocycles. The van der Waals surface area contributed by atoms with Crippen molar-refractivity contribution in [3.63, 3.8) is 0 Å². The molecule has 0 unspecified atom stereocenters. The molecule has 6 nitrogen and oxygen atoms in total. The van der Waals surface area contributed by atoms with Crippen LogP contribution in [-0.2, 0) is 0 Å².